The maximum atomic E-state index is 12.3. The van der Waals surface area contributed by atoms with Crippen molar-refractivity contribution in [2.24, 2.45) is 0 Å². The predicted molar refractivity (Wildman–Crippen MR) is 106 cm³/mol. The summed E-state index contributed by atoms with van der Waals surface area (Å²) in [6.45, 7) is 4.19. The number of amides is 1. The minimum atomic E-state index is -0.213. The first-order valence-corrected chi connectivity index (χ1v) is 9.82. The van der Waals surface area contributed by atoms with Gasteiger partial charge in [-0.1, -0.05) is 52.4 Å². The average molecular weight is 386 g/mol. The van der Waals surface area contributed by atoms with Gasteiger partial charge in [-0.2, -0.15) is 0 Å². The highest BCUT2D eigenvalue weighted by Crippen LogP contribution is 2.29. The smallest absolute Gasteiger partial charge is 0.257 e. The number of nitrogens with zero attached hydrogens (tertiary/aromatic N) is 2. The van der Waals surface area contributed by atoms with Gasteiger partial charge in [-0.05, 0) is 43.7 Å². The highest BCUT2D eigenvalue weighted by atomic mass is 32.2. The third-order valence-electron chi connectivity index (χ3n) is 3.62. The van der Waals surface area contributed by atoms with Crippen molar-refractivity contribution in [1.29, 1.82) is 0 Å². The molecule has 0 fully saturated rings. The normalized spacial score (nSPS) is 10.6. The van der Waals surface area contributed by atoms with Crippen molar-refractivity contribution in [3.8, 4) is 5.75 Å². The first-order chi connectivity index (χ1) is 12.5. The molecule has 0 spiro atoms. The molecule has 3 aromatic rings. The van der Waals surface area contributed by atoms with Gasteiger partial charge in [0.2, 0.25) is 5.13 Å². The topological polar surface area (TPSA) is 64.1 Å². The van der Waals surface area contributed by atoms with Gasteiger partial charge in [0.05, 0.1) is 7.11 Å². The van der Waals surface area contributed by atoms with E-state index in [0.717, 1.165) is 10.1 Å². The van der Waals surface area contributed by atoms with E-state index in [1.807, 2.05) is 0 Å². The minimum absolute atomic E-state index is 0.213. The Morgan fingerprint density at radius 1 is 1.12 bits per heavy atom. The Bertz CT molecular complexity index is 887. The number of aromatic nitrogens is 2. The molecule has 1 amide bonds. The van der Waals surface area contributed by atoms with E-state index < -0.39 is 0 Å². The van der Waals surface area contributed by atoms with Crippen LogP contribution in [0.25, 0.3) is 0 Å². The Balaban J connectivity index is 1.59. The lowest BCUT2D eigenvalue weighted by atomic mass is 10.1. The summed E-state index contributed by atoms with van der Waals surface area (Å²) in [4.78, 5) is 12.3. The number of rotatable bonds is 6. The quantitative estimate of drug-likeness (QED) is 0.492. The highest BCUT2D eigenvalue weighted by Gasteiger charge is 2.11. The van der Waals surface area contributed by atoms with Crippen LogP contribution in [0.15, 0.2) is 46.8 Å². The van der Waals surface area contributed by atoms with Gasteiger partial charge in [0, 0.05) is 11.3 Å². The molecule has 2 aromatic carbocycles. The van der Waals surface area contributed by atoms with Crippen LogP contribution >= 0.6 is 23.1 Å². The second kappa shape index (κ2) is 8.33. The highest BCUT2D eigenvalue weighted by molar-refractivity contribution is 8.00. The van der Waals surface area contributed by atoms with Gasteiger partial charge in [-0.15, -0.1) is 10.2 Å². The second-order valence-corrected chi connectivity index (χ2v) is 8.04. The van der Waals surface area contributed by atoms with Crippen molar-refractivity contribution < 1.29 is 9.53 Å². The molecule has 0 unspecified atom stereocenters. The first-order valence-electron chi connectivity index (χ1n) is 8.02. The van der Waals surface area contributed by atoms with Gasteiger partial charge < -0.3 is 4.74 Å². The number of thioether (sulfide) groups is 1. The maximum absolute atomic E-state index is 12.3. The lowest BCUT2D eigenvalue weighted by molar-refractivity contribution is 0.102. The van der Waals surface area contributed by atoms with Crippen LogP contribution in [0.2, 0.25) is 0 Å². The number of anilines is 1. The zero-order valence-electron chi connectivity index (χ0n) is 14.8. The SMILES string of the molecule is COc1ccc(C(=O)Nc2nnc(SCc3cc(C)cc(C)c3)s2)cc1. The van der Waals surface area contributed by atoms with Crippen molar-refractivity contribution in [1.82, 2.24) is 10.2 Å². The Kier molecular flexibility index (Phi) is 5.90. The largest absolute Gasteiger partial charge is 0.497 e. The van der Waals surface area contributed by atoms with Crippen LogP contribution in [0.4, 0.5) is 5.13 Å². The summed E-state index contributed by atoms with van der Waals surface area (Å²) in [6.07, 6.45) is 0. The molecule has 0 aliphatic rings. The van der Waals surface area contributed by atoms with E-state index in [1.165, 1.54) is 28.0 Å². The Hall–Kier alpha value is -2.38. The minimum Gasteiger partial charge on any atom is -0.497 e. The molecule has 134 valence electrons. The average Bonchev–Trinajstić information content (AvgIpc) is 3.06. The number of nitrogens with one attached hydrogen (secondary N) is 1. The van der Waals surface area contributed by atoms with Crippen LogP contribution in [0.5, 0.6) is 5.75 Å². The molecule has 0 aliphatic carbocycles. The number of carbonyl (C=O) groups excluding carboxylic acids is 1. The van der Waals surface area contributed by atoms with Crippen LogP contribution in [0.3, 0.4) is 0 Å². The lowest BCUT2D eigenvalue weighted by Gasteiger charge is -2.03. The van der Waals surface area contributed by atoms with E-state index in [-0.39, 0.29) is 5.91 Å². The number of hydrogen-bond acceptors (Lipinski definition) is 6. The molecule has 0 saturated heterocycles. The molecule has 0 radical (unpaired) electrons. The zero-order valence-corrected chi connectivity index (χ0v) is 16.4. The molecule has 1 heterocycles. The van der Waals surface area contributed by atoms with Crippen LogP contribution < -0.4 is 10.1 Å². The molecular formula is C19H19N3O2S2. The number of carbonyl (C=O) groups is 1. The fourth-order valence-corrected chi connectivity index (χ4v) is 4.20. The number of methoxy groups -OCH3 is 1. The molecule has 1 aromatic heterocycles. The molecule has 0 saturated carbocycles. The first kappa shape index (κ1) is 18.4. The predicted octanol–water partition coefficient (Wildman–Crippen LogP) is 4.71. The molecular weight excluding hydrogens is 366 g/mol. The molecule has 0 atom stereocenters. The van der Waals surface area contributed by atoms with Crippen LogP contribution in [-0.4, -0.2) is 23.2 Å². The number of aryl methyl sites for hydroxylation is 2. The maximum Gasteiger partial charge on any atom is 0.257 e. The van der Waals surface area contributed by atoms with Gasteiger partial charge >= 0.3 is 0 Å². The lowest BCUT2D eigenvalue weighted by Crippen LogP contribution is -2.11. The van der Waals surface area contributed by atoms with Gasteiger partial charge in [0.25, 0.3) is 5.91 Å². The van der Waals surface area contributed by atoms with Crippen LogP contribution in [0.1, 0.15) is 27.0 Å². The van der Waals surface area contributed by atoms with E-state index in [0.29, 0.717) is 16.4 Å². The fraction of sp³-hybridized carbons (Fsp3) is 0.211. The zero-order chi connectivity index (χ0) is 18.5. The van der Waals surface area contributed by atoms with E-state index in [4.69, 9.17) is 4.74 Å². The van der Waals surface area contributed by atoms with Gasteiger partial charge in [0.15, 0.2) is 4.34 Å². The van der Waals surface area contributed by atoms with Gasteiger partial charge in [0.1, 0.15) is 5.75 Å². The molecule has 0 bridgehead atoms. The number of benzene rings is 2. The van der Waals surface area contributed by atoms with Crippen LogP contribution in [0, 0.1) is 13.8 Å². The van der Waals surface area contributed by atoms with Crippen molar-refractivity contribution in [2.75, 3.05) is 12.4 Å². The van der Waals surface area contributed by atoms with Gasteiger partial charge in [-0.3, -0.25) is 10.1 Å². The molecule has 0 aliphatic heterocycles. The van der Waals surface area contributed by atoms with Crippen molar-refractivity contribution in [2.45, 2.75) is 23.9 Å². The van der Waals surface area contributed by atoms with Crippen molar-refractivity contribution >= 4 is 34.1 Å². The second-order valence-electron chi connectivity index (χ2n) is 5.84. The summed E-state index contributed by atoms with van der Waals surface area (Å²) in [7, 11) is 1.59. The monoisotopic (exact) mass is 385 g/mol. The Morgan fingerprint density at radius 3 is 2.46 bits per heavy atom. The summed E-state index contributed by atoms with van der Waals surface area (Å²) >= 11 is 2.99. The third-order valence-corrected chi connectivity index (χ3v) is 5.67. The van der Waals surface area contributed by atoms with E-state index in [2.05, 4.69) is 47.6 Å². The van der Waals surface area contributed by atoms with Crippen LogP contribution in [-0.2, 0) is 5.75 Å². The number of hydrogen-bond donors (Lipinski definition) is 1. The molecule has 26 heavy (non-hydrogen) atoms. The van der Waals surface area contributed by atoms with Crippen molar-refractivity contribution in [3.63, 3.8) is 0 Å². The summed E-state index contributed by atoms with van der Waals surface area (Å²) in [5.74, 6) is 1.32. The summed E-state index contributed by atoms with van der Waals surface area (Å²) in [5.41, 5.74) is 4.31. The molecule has 5 nitrogen and oxygen atoms in total. The van der Waals surface area contributed by atoms with E-state index >= 15 is 0 Å². The van der Waals surface area contributed by atoms with Crippen molar-refractivity contribution in [3.05, 3.63) is 64.7 Å². The Labute approximate surface area is 160 Å². The van der Waals surface area contributed by atoms with Gasteiger partial charge in [-0.25, -0.2) is 0 Å². The number of ether oxygens (including phenoxy) is 1. The summed E-state index contributed by atoms with van der Waals surface area (Å²) in [6, 6.07) is 13.4. The third kappa shape index (κ3) is 4.83. The summed E-state index contributed by atoms with van der Waals surface area (Å²) in [5, 5.41) is 11.5. The molecule has 3 rings (SSSR count). The molecule has 7 heteroatoms. The van der Waals surface area contributed by atoms with E-state index in [9.17, 15) is 4.79 Å². The fourth-order valence-electron chi connectivity index (χ4n) is 2.53. The molecule has 1 N–H and O–H groups in total. The standard InChI is InChI=1S/C19H19N3O2S2/c1-12-8-13(2)10-14(9-12)11-25-19-22-21-18(26-19)20-17(23)15-4-6-16(24-3)7-5-15/h4-10H,11H2,1-3H3,(H,20,21,23). The summed E-state index contributed by atoms with van der Waals surface area (Å²) < 4.78 is 5.92. The Morgan fingerprint density at radius 2 is 1.81 bits per heavy atom. The van der Waals surface area contributed by atoms with E-state index in [1.54, 1.807) is 43.1 Å².